The highest BCUT2D eigenvalue weighted by atomic mass is 79.9. The van der Waals surface area contributed by atoms with Crippen molar-refractivity contribution in [3.05, 3.63) is 53.0 Å². The normalized spacial score (nSPS) is 17.9. The van der Waals surface area contributed by atoms with Crippen LogP contribution in [0.1, 0.15) is 25.7 Å². The first-order valence-electron chi connectivity index (χ1n) is 9.11. The highest BCUT2D eigenvalue weighted by Gasteiger charge is 2.34. The zero-order valence-electron chi connectivity index (χ0n) is 15.6. The van der Waals surface area contributed by atoms with E-state index in [1.807, 2.05) is 12.1 Å². The van der Waals surface area contributed by atoms with E-state index in [-0.39, 0.29) is 23.3 Å². The molecule has 0 spiro atoms. The fraction of sp³-hybridized carbons (Fsp3) is 0.350. The number of nitrogens with one attached hydrogen (secondary N) is 1. The molecule has 0 saturated carbocycles. The van der Waals surface area contributed by atoms with Crippen LogP contribution in [-0.4, -0.2) is 38.3 Å². The molecule has 0 bridgehead atoms. The third-order valence-electron chi connectivity index (χ3n) is 4.79. The summed E-state index contributed by atoms with van der Waals surface area (Å²) in [7, 11) is -2.13. The van der Waals surface area contributed by atoms with Crippen LogP contribution < -0.4 is 10.1 Å². The van der Waals surface area contributed by atoms with Crippen LogP contribution in [0.25, 0.3) is 0 Å². The van der Waals surface area contributed by atoms with E-state index < -0.39 is 10.0 Å². The highest BCUT2D eigenvalue weighted by Crippen LogP contribution is 2.28. The number of nitrogens with zero attached hydrogens (tertiary/aromatic N) is 1. The highest BCUT2D eigenvalue weighted by molar-refractivity contribution is 9.10. The maximum atomic E-state index is 13.1. The lowest BCUT2D eigenvalue weighted by molar-refractivity contribution is -0.117. The molecular formula is C20H23BrN2O4S. The van der Waals surface area contributed by atoms with Gasteiger partial charge < -0.3 is 10.1 Å². The van der Waals surface area contributed by atoms with Crippen molar-refractivity contribution in [2.75, 3.05) is 19.0 Å². The lowest BCUT2D eigenvalue weighted by Gasteiger charge is -2.34. The first-order valence-corrected chi connectivity index (χ1v) is 11.3. The first kappa shape index (κ1) is 20.8. The van der Waals surface area contributed by atoms with Crippen molar-refractivity contribution in [3.63, 3.8) is 0 Å². The minimum Gasteiger partial charge on any atom is -0.497 e. The Morgan fingerprint density at radius 3 is 2.46 bits per heavy atom. The predicted octanol–water partition coefficient (Wildman–Crippen LogP) is 4.03. The second-order valence-electron chi connectivity index (χ2n) is 6.70. The van der Waals surface area contributed by atoms with E-state index in [1.54, 1.807) is 36.4 Å². The maximum absolute atomic E-state index is 13.1. The maximum Gasteiger partial charge on any atom is 0.243 e. The molecule has 1 heterocycles. The van der Waals surface area contributed by atoms with Crippen molar-refractivity contribution >= 4 is 37.5 Å². The standard InChI is InChI=1S/C20H23BrN2O4S/c1-27-18-9-11-19(12-10-18)28(25,26)23-13-3-2-4-17(23)14-20(24)22-16-7-5-15(21)6-8-16/h5-12,17H,2-4,13-14H2,1H3,(H,22,24)/t17-/m0/s1. The summed E-state index contributed by atoms with van der Waals surface area (Å²) in [6.45, 7) is 0.421. The van der Waals surface area contributed by atoms with E-state index >= 15 is 0 Å². The third kappa shape index (κ3) is 4.92. The average molecular weight is 467 g/mol. The van der Waals surface area contributed by atoms with Crippen molar-refractivity contribution in [2.45, 2.75) is 36.6 Å². The second kappa shape index (κ2) is 9.07. The molecular weight excluding hydrogens is 444 g/mol. The van der Waals surface area contributed by atoms with Gasteiger partial charge in [-0.2, -0.15) is 4.31 Å². The molecule has 0 aromatic heterocycles. The number of carbonyl (C=O) groups excluding carboxylic acids is 1. The number of piperidine rings is 1. The minimum absolute atomic E-state index is 0.130. The Kier molecular flexibility index (Phi) is 6.74. The molecule has 6 nitrogen and oxygen atoms in total. The summed E-state index contributed by atoms with van der Waals surface area (Å²) in [6, 6.07) is 13.3. The molecule has 1 amide bonds. The Labute approximate surface area is 174 Å². The summed E-state index contributed by atoms with van der Waals surface area (Å²) >= 11 is 3.36. The van der Waals surface area contributed by atoms with E-state index in [0.717, 1.165) is 17.3 Å². The number of hydrogen-bond donors (Lipinski definition) is 1. The van der Waals surface area contributed by atoms with Gasteiger partial charge >= 0.3 is 0 Å². The lowest BCUT2D eigenvalue weighted by Crippen LogP contribution is -2.45. The molecule has 1 atom stereocenters. The molecule has 1 N–H and O–H groups in total. The van der Waals surface area contributed by atoms with E-state index in [0.29, 0.717) is 24.4 Å². The van der Waals surface area contributed by atoms with Gasteiger partial charge in [0, 0.05) is 29.2 Å². The van der Waals surface area contributed by atoms with E-state index in [9.17, 15) is 13.2 Å². The van der Waals surface area contributed by atoms with Gasteiger partial charge in [-0.15, -0.1) is 0 Å². The van der Waals surface area contributed by atoms with Gasteiger partial charge in [0.2, 0.25) is 15.9 Å². The molecule has 2 aromatic carbocycles. The number of sulfonamides is 1. The molecule has 1 saturated heterocycles. The topological polar surface area (TPSA) is 75.7 Å². The van der Waals surface area contributed by atoms with Gasteiger partial charge in [-0.3, -0.25) is 4.79 Å². The SMILES string of the molecule is COc1ccc(S(=O)(=O)N2CCCC[C@H]2CC(=O)Nc2ccc(Br)cc2)cc1. The van der Waals surface area contributed by atoms with Gasteiger partial charge in [0.15, 0.2) is 0 Å². The summed E-state index contributed by atoms with van der Waals surface area (Å²) < 4.78 is 33.7. The molecule has 1 aliphatic heterocycles. The first-order chi connectivity index (χ1) is 13.4. The summed E-state index contributed by atoms with van der Waals surface area (Å²) in [5, 5.41) is 2.85. The number of amides is 1. The molecule has 2 aromatic rings. The molecule has 1 aliphatic rings. The number of ether oxygens (including phenoxy) is 1. The average Bonchev–Trinajstić information content (AvgIpc) is 2.70. The van der Waals surface area contributed by atoms with Crippen molar-refractivity contribution in [2.24, 2.45) is 0 Å². The van der Waals surface area contributed by atoms with Crippen LogP contribution in [0.2, 0.25) is 0 Å². The van der Waals surface area contributed by atoms with Crippen LogP contribution in [0.5, 0.6) is 5.75 Å². The molecule has 0 radical (unpaired) electrons. The number of hydrogen-bond acceptors (Lipinski definition) is 4. The summed E-state index contributed by atoms with van der Waals surface area (Å²) in [5.41, 5.74) is 0.688. The van der Waals surface area contributed by atoms with Crippen LogP contribution in [0, 0.1) is 0 Å². The minimum atomic E-state index is -3.67. The van der Waals surface area contributed by atoms with Crippen LogP contribution in [0.3, 0.4) is 0 Å². The molecule has 150 valence electrons. The number of rotatable bonds is 6. The smallest absolute Gasteiger partial charge is 0.243 e. The third-order valence-corrected chi connectivity index (χ3v) is 7.28. The molecule has 3 rings (SSSR count). The summed E-state index contributed by atoms with van der Waals surface area (Å²) in [6.07, 6.45) is 2.50. The van der Waals surface area contributed by atoms with E-state index in [4.69, 9.17) is 4.74 Å². The fourth-order valence-electron chi connectivity index (χ4n) is 3.34. The van der Waals surface area contributed by atoms with E-state index in [2.05, 4.69) is 21.2 Å². The van der Waals surface area contributed by atoms with Crippen molar-refractivity contribution in [1.29, 1.82) is 0 Å². The van der Waals surface area contributed by atoms with Crippen molar-refractivity contribution in [1.82, 2.24) is 4.31 Å². The summed E-state index contributed by atoms with van der Waals surface area (Å²) in [5.74, 6) is 0.409. The quantitative estimate of drug-likeness (QED) is 0.696. The number of halogens is 1. The Hall–Kier alpha value is -1.90. The monoisotopic (exact) mass is 466 g/mol. The van der Waals surface area contributed by atoms with Gasteiger partial charge in [0.1, 0.15) is 5.75 Å². The van der Waals surface area contributed by atoms with Gasteiger partial charge in [0.25, 0.3) is 0 Å². The zero-order chi connectivity index (χ0) is 20.1. The van der Waals surface area contributed by atoms with E-state index in [1.165, 1.54) is 11.4 Å². The Bertz CT molecular complexity index is 914. The van der Waals surface area contributed by atoms with Gasteiger partial charge in [0.05, 0.1) is 12.0 Å². The van der Waals surface area contributed by atoms with Crippen LogP contribution in [-0.2, 0) is 14.8 Å². The molecule has 0 unspecified atom stereocenters. The number of carbonyl (C=O) groups is 1. The molecule has 0 aliphatic carbocycles. The van der Waals surface area contributed by atoms with Crippen LogP contribution in [0.15, 0.2) is 57.9 Å². The Balaban J connectivity index is 1.73. The van der Waals surface area contributed by atoms with Crippen molar-refractivity contribution < 1.29 is 17.9 Å². The fourth-order valence-corrected chi connectivity index (χ4v) is 5.29. The largest absolute Gasteiger partial charge is 0.497 e. The van der Waals surface area contributed by atoms with Crippen LogP contribution in [0.4, 0.5) is 5.69 Å². The lowest BCUT2D eigenvalue weighted by atomic mass is 10.0. The Morgan fingerprint density at radius 2 is 1.82 bits per heavy atom. The number of anilines is 1. The zero-order valence-corrected chi connectivity index (χ0v) is 18.0. The number of benzene rings is 2. The van der Waals surface area contributed by atoms with Gasteiger partial charge in [-0.25, -0.2) is 8.42 Å². The summed E-state index contributed by atoms with van der Waals surface area (Å²) in [4.78, 5) is 12.7. The second-order valence-corrected chi connectivity index (χ2v) is 9.51. The number of methoxy groups -OCH3 is 1. The van der Waals surface area contributed by atoms with Crippen LogP contribution >= 0.6 is 15.9 Å². The predicted molar refractivity (Wildman–Crippen MR) is 112 cm³/mol. The molecule has 1 fully saturated rings. The van der Waals surface area contributed by atoms with Crippen molar-refractivity contribution in [3.8, 4) is 5.75 Å². The molecule has 8 heteroatoms. The Morgan fingerprint density at radius 1 is 1.14 bits per heavy atom. The van der Waals surface area contributed by atoms with Gasteiger partial charge in [-0.1, -0.05) is 22.4 Å². The van der Waals surface area contributed by atoms with Gasteiger partial charge in [-0.05, 0) is 61.4 Å². The molecule has 28 heavy (non-hydrogen) atoms.